The maximum absolute atomic E-state index is 9.20. The number of halogens is 1. The van der Waals surface area contributed by atoms with Gasteiger partial charge in [-0.05, 0) is 41.0 Å². The molecule has 1 aromatic rings. The van der Waals surface area contributed by atoms with Gasteiger partial charge in [0, 0.05) is 8.45 Å². The number of hydrogen-bond acceptors (Lipinski definition) is 3. The lowest BCUT2D eigenvalue weighted by Crippen LogP contribution is -2.22. The maximum Gasteiger partial charge on any atom is 0.0713 e. The summed E-state index contributed by atoms with van der Waals surface area (Å²) in [6.45, 7) is 1.71. The molecule has 2 nitrogen and oxygen atoms in total. The van der Waals surface area contributed by atoms with Crippen LogP contribution in [0.4, 0.5) is 0 Å². The summed E-state index contributed by atoms with van der Waals surface area (Å²) in [6.07, 6.45) is -0.470. The lowest BCUT2D eigenvalue weighted by atomic mass is 10.2. The molecule has 1 rings (SSSR count). The predicted octanol–water partition coefficient (Wildman–Crippen LogP) is 1.73. The summed E-state index contributed by atoms with van der Waals surface area (Å²) in [6, 6.07) is 1.77. The van der Waals surface area contributed by atoms with Gasteiger partial charge in [-0.25, -0.2) is 0 Å². The summed E-state index contributed by atoms with van der Waals surface area (Å²) >= 11 is 3.82. The Morgan fingerprint density at radius 2 is 2.36 bits per heavy atom. The van der Waals surface area contributed by atoms with Gasteiger partial charge in [0.25, 0.3) is 0 Å². The van der Waals surface area contributed by atoms with Crippen LogP contribution in [0.15, 0.2) is 11.4 Å². The molecule has 0 aliphatic rings. The average Bonchev–Trinajstić information content (AvgIpc) is 2.33. The largest absolute Gasteiger partial charge is 0.391 e. The third-order valence-electron chi connectivity index (χ3n) is 1.47. The van der Waals surface area contributed by atoms with Crippen molar-refractivity contribution in [2.75, 3.05) is 0 Å². The minimum atomic E-state index is -0.470. The van der Waals surface area contributed by atoms with Crippen LogP contribution in [-0.2, 0) is 0 Å². The molecule has 62 valence electrons. The van der Waals surface area contributed by atoms with E-state index in [-0.39, 0.29) is 6.04 Å². The van der Waals surface area contributed by atoms with Crippen molar-refractivity contribution in [1.82, 2.24) is 0 Å². The second-order valence-electron chi connectivity index (χ2n) is 2.40. The first kappa shape index (κ1) is 9.44. The molecule has 0 aliphatic carbocycles. The van der Waals surface area contributed by atoms with E-state index in [9.17, 15) is 5.11 Å². The summed E-state index contributed by atoms with van der Waals surface area (Å²) in [5.74, 6) is 0. The average molecular weight is 283 g/mol. The lowest BCUT2D eigenvalue weighted by Gasteiger charge is -2.12. The molecule has 0 aliphatic heterocycles. The Labute approximate surface area is 83.6 Å². The van der Waals surface area contributed by atoms with Gasteiger partial charge in [0.15, 0.2) is 0 Å². The van der Waals surface area contributed by atoms with E-state index >= 15 is 0 Å². The molecule has 0 saturated heterocycles. The van der Waals surface area contributed by atoms with Crippen LogP contribution in [0.1, 0.15) is 17.8 Å². The predicted molar refractivity (Wildman–Crippen MR) is 55.6 cm³/mol. The fourth-order valence-electron chi connectivity index (χ4n) is 0.762. The standard InChI is InChI=1S/C7H10INOS/c1-4(10)6(9)7-5(8)2-3-11-7/h2-4,6,10H,9H2,1H3/t4-,6-/m1/s1. The Morgan fingerprint density at radius 1 is 1.73 bits per heavy atom. The van der Waals surface area contributed by atoms with Crippen LogP contribution in [0.5, 0.6) is 0 Å². The van der Waals surface area contributed by atoms with Crippen molar-refractivity contribution in [3.63, 3.8) is 0 Å². The van der Waals surface area contributed by atoms with E-state index in [1.165, 1.54) is 0 Å². The molecule has 11 heavy (non-hydrogen) atoms. The fourth-order valence-corrected chi connectivity index (χ4v) is 2.81. The van der Waals surface area contributed by atoms with Gasteiger partial charge in [0.2, 0.25) is 0 Å². The van der Waals surface area contributed by atoms with Gasteiger partial charge in [-0.15, -0.1) is 11.3 Å². The lowest BCUT2D eigenvalue weighted by molar-refractivity contribution is 0.165. The quantitative estimate of drug-likeness (QED) is 0.812. The molecule has 2 atom stereocenters. The molecule has 0 aromatic carbocycles. The van der Waals surface area contributed by atoms with Gasteiger partial charge in [0.05, 0.1) is 12.1 Å². The smallest absolute Gasteiger partial charge is 0.0713 e. The van der Waals surface area contributed by atoms with Gasteiger partial charge >= 0.3 is 0 Å². The highest BCUT2D eigenvalue weighted by Crippen LogP contribution is 2.26. The molecule has 0 spiro atoms. The first-order valence-corrected chi connectivity index (χ1v) is 5.25. The highest BCUT2D eigenvalue weighted by Gasteiger charge is 2.15. The molecule has 0 fully saturated rings. The van der Waals surface area contributed by atoms with Crippen molar-refractivity contribution in [3.8, 4) is 0 Å². The maximum atomic E-state index is 9.20. The minimum Gasteiger partial charge on any atom is -0.391 e. The fraction of sp³-hybridized carbons (Fsp3) is 0.429. The summed E-state index contributed by atoms with van der Waals surface area (Å²) < 4.78 is 1.14. The van der Waals surface area contributed by atoms with E-state index in [4.69, 9.17) is 5.73 Å². The van der Waals surface area contributed by atoms with E-state index in [1.54, 1.807) is 18.3 Å². The van der Waals surface area contributed by atoms with E-state index < -0.39 is 6.10 Å². The van der Waals surface area contributed by atoms with E-state index in [0.717, 1.165) is 8.45 Å². The van der Waals surface area contributed by atoms with Crippen LogP contribution in [0.3, 0.4) is 0 Å². The molecule has 0 radical (unpaired) electrons. The SMILES string of the molecule is C[C@@H](O)[C@@H](N)c1sccc1I. The normalized spacial score (nSPS) is 16.4. The second kappa shape index (κ2) is 3.84. The summed E-state index contributed by atoms with van der Waals surface area (Å²) in [5, 5.41) is 11.2. The molecule has 3 N–H and O–H groups in total. The second-order valence-corrected chi connectivity index (χ2v) is 4.51. The van der Waals surface area contributed by atoms with Crippen LogP contribution < -0.4 is 5.73 Å². The molecule has 0 amide bonds. The molecule has 0 unspecified atom stereocenters. The highest BCUT2D eigenvalue weighted by atomic mass is 127. The van der Waals surface area contributed by atoms with Crippen molar-refractivity contribution in [3.05, 3.63) is 19.9 Å². The number of hydrogen-bond donors (Lipinski definition) is 2. The van der Waals surface area contributed by atoms with Gasteiger partial charge in [-0.2, -0.15) is 0 Å². The first-order chi connectivity index (χ1) is 5.13. The van der Waals surface area contributed by atoms with E-state index in [0.29, 0.717) is 0 Å². The number of thiophene rings is 1. The molecule has 1 aromatic heterocycles. The number of nitrogens with two attached hydrogens (primary N) is 1. The molecule has 4 heteroatoms. The number of rotatable bonds is 2. The summed E-state index contributed by atoms with van der Waals surface area (Å²) in [7, 11) is 0. The Morgan fingerprint density at radius 3 is 2.73 bits per heavy atom. The minimum absolute atomic E-state index is 0.234. The Hall–Kier alpha value is 0.350. The van der Waals surface area contributed by atoms with Crippen molar-refractivity contribution in [2.24, 2.45) is 5.73 Å². The van der Waals surface area contributed by atoms with Crippen molar-refractivity contribution in [1.29, 1.82) is 0 Å². The molecule has 0 bridgehead atoms. The van der Waals surface area contributed by atoms with Crippen LogP contribution in [0.25, 0.3) is 0 Å². The van der Waals surface area contributed by atoms with Gasteiger partial charge in [-0.1, -0.05) is 0 Å². The number of aliphatic hydroxyl groups is 1. The molecular weight excluding hydrogens is 273 g/mol. The zero-order valence-corrected chi connectivity index (χ0v) is 9.09. The monoisotopic (exact) mass is 283 g/mol. The number of aliphatic hydroxyl groups excluding tert-OH is 1. The first-order valence-electron chi connectivity index (χ1n) is 3.29. The molecule has 1 heterocycles. The Bertz CT molecular complexity index is 236. The van der Waals surface area contributed by atoms with E-state index in [2.05, 4.69) is 22.6 Å². The Balaban J connectivity index is 2.84. The molecular formula is C7H10INOS. The van der Waals surface area contributed by atoms with Gasteiger partial charge < -0.3 is 10.8 Å². The zero-order chi connectivity index (χ0) is 8.43. The highest BCUT2D eigenvalue weighted by molar-refractivity contribution is 14.1. The Kier molecular flexibility index (Phi) is 3.29. The van der Waals surface area contributed by atoms with E-state index in [1.807, 2.05) is 11.4 Å². The van der Waals surface area contributed by atoms with Gasteiger partial charge in [0.1, 0.15) is 0 Å². The van der Waals surface area contributed by atoms with Crippen molar-refractivity contribution >= 4 is 33.9 Å². The summed E-state index contributed by atoms with van der Waals surface area (Å²) in [4.78, 5) is 1.07. The third kappa shape index (κ3) is 2.14. The van der Waals surface area contributed by atoms with Crippen molar-refractivity contribution in [2.45, 2.75) is 19.1 Å². The topological polar surface area (TPSA) is 46.2 Å². The van der Waals surface area contributed by atoms with Gasteiger partial charge in [-0.3, -0.25) is 0 Å². The van der Waals surface area contributed by atoms with Crippen LogP contribution >= 0.6 is 33.9 Å². The zero-order valence-electron chi connectivity index (χ0n) is 6.12. The van der Waals surface area contributed by atoms with Crippen LogP contribution in [0.2, 0.25) is 0 Å². The van der Waals surface area contributed by atoms with Crippen LogP contribution in [0, 0.1) is 3.57 Å². The van der Waals surface area contributed by atoms with Crippen molar-refractivity contribution < 1.29 is 5.11 Å². The third-order valence-corrected chi connectivity index (χ3v) is 3.79. The summed E-state index contributed by atoms with van der Waals surface area (Å²) in [5.41, 5.74) is 5.74. The molecule has 0 saturated carbocycles. The van der Waals surface area contributed by atoms with Crippen LogP contribution in [-0.4, -0.2) is 11.2 Å².